The van der Waals surface area contributed by atoms with Crippen molar-refractivity contribution in [1.82, 2.24) is 4.98 Å². The summed E-state index contributed by atoms with van der Waals surface area (Å²) < 4.78 is 5.59. The van der Waals surface area contributed by atoms with Crippen LogP contribution in [0.25, 0.3) is 10.9 Å². The lowest BCUT2D eigenvalue weighted by Gasteiger charge is -2.20. The molecule has 4 nitrogen and oxygen atoms in total. The van der Waals surface area contributed by atoms with Gasteiger partial charge in [0, 0.05) is 30.3 Å². The molecule has 1 heterocycles. The van der Waals surface area contributed by atoms with E-state index in [0.717, 1.165) is 24.6 Å². The van der Waals surface area contributed by atoms with Crippen molar-refractivity contribution in [2.45, 2.75) is 46.0 Å². The molecule has 1 aliphatic carbocycles. The molecule has 1 aromatic heterocycles. The topological polar surface area (TPSA) is 56.3 Å². The van der Waals surface area contributed by atoms with Gasteiger partial charge in [0.1, 0.15) is 11.3 Å². The number of pyridine rings is 1. The Balaban J connectivity index is 1.68. The number of esters is 1. The van der Waals surface area contributed by atoms with Crippen LogP contribution in [-0.4, -0.2) is 16.7 Å². The minimum atomic E-state index is -0.271. The Morgan fingerprint density at radius 2 is 2.12 bits per heavy atom. The van der Waals surface area contributed by atoms with Gasteiger partial charge in [-0.05, 0) is 36.8 Å². The van der Waals surface area contributed by atoms with E-state index >= 15 is 0 Å². The fourth-order valence-corrected chi connectivity index (χ4v) is 3.68. The summed E-state index contributed by atoms with van der Waals surface area (Å²) in [4.78, 5) is 29.0. The summed E-state index contributed by atoms with van der Waals surface area (Å²) in [5.41, 5.74) is 0.692. The maximum absolute atomic E-state index is 12.5. The third-order valence-corrected chi connectivity index (χ3v) is 5.35. The van der Waals surface area contributed by atoms with Crippen molar-refractivity contribution in [3.63, 3.8) is 0 Å². The summed E-state index contributed by atoms with van der Waals surface area (Å²) in [5.74, 6) is 1.15. The molecule has 0 radical (unpaired) electrons. The molecule has 2 aromatic rings. The van der Waals surface area contributed by atoms with Gasteiger partial charge in [-0.2, -0.15) is 0 Å². The Hall–Kier alpha value is -2.23. The number of fused-ring (bicyclic) bond motifs is 1. The van der Waals surface area contributed by atoms with Crippen molar-refractivity contribution in [1.29, 1.82) is 0 Å². The van der Waals surface area contributed by atoms with Crippen LogP contribution in [0.15, 0.2) is 36.5 Å². The van der Waals surface area contributed by atoms with Crippen LogP contribution >= 0.6 is 0 Å². The average molecular weight is 339 g/mol. The van der Waals surface area contributed by atoms with Crippen molar-refractivity contribution in [3.05, 3.63) is 36.5 Å². The smallest absolute Gasteiger partial charge is 0.311 e. The molecular formula is C21H25NO3. The number of ketones is 1. The zero-order valence-electron chi connectivity index (χ0n) is 14.9. The maximum Gasteiger partial charge on any atom is 0.311 e. The number of carbonyl (C=O) groups excluding carboxylic acids is 2. The Bertz CT molecular complexity index is 765. The van der Waals surface area contributed by atoms with Gasteiger partial charge >= 0.3 is 5.97 Å². The molecule has 25 heavy (non-hydrogen) atoms. The Kier molecular flexibility index (Phi) is 5.47. The molecule has 0 bridgehead atoms. The normalized spacial score (nSPS) is 21.4. The quantitative estimate of drug-likeness (QED) is 0.572. The zero-order valence-corrected chi connectivity index (χ0v) is 14.9. The molecule has 1 saturated carbocycles. The number of ether oxygens (including phenoxy) is 1. The van der Waals surface area contributed by atoms with Crippen molar-refractivity contribution < 1.29 is 14.3 Å². The highest BCUT2D eigenvalue weighted by Crippen LogP contribution is 2.36. The van der Waals surface area contributed by atoms with Gasteiger partial charge < -0.3 is 4.74 Å². The van der Waals surface area contributed by atoms with Gasteiger partial charge in [0.2, 0.25) is 0 Å². The first-order chi connectivity index (χ1) is 12.1. The molecule has 0 amide bonds. The number of para-hydroxylation sites is 1. The lowest BCUT2D eigenvalue weighted by Crippen LogP contribution is -2.22. The second-order valence-corrected chi connectivity index (χ2v) is 7.13. The van der Waals surface area contributed by atoms with E-state index in [1.54, 1.807) is 12.3 Å². The van der Waals surface area contributed by atoms with Crippen LogP contribution in [-0.2, 0) is 9.59 Å². The molecule has 132 valence electrons. The number of benzene rings is 1. The first-order valence-corrected chi connectivity index (χ1v) is 9.15. The molecule has 0 aliphatic heterocycles. The number of nitrogens with zero attached hydrogens (tertiary/aromatic N) is 1. The minimum absolute atomic E-state index is 0.00754. The van der Waals surface area contributed by atoms with E-state index in [-0.39, 0.29) is 17.8 Å². The van der Waals surface area contributed by atoms with E-state index in [2.05, 4.69) is 18.8 Å². The molecule has 4 heteroatoms. The van der Waals surface area contributed by atoms with Gasteiger partial charge in [0.15, 0.2) is 5.75 Å². The van der Waals surface area contributed by atoms with Crippen LogP contribution in [0.2, 0.25) is 0 Å². The van der Waals surface area contributed by atoms with E-state index in [1.165, 1.54) is 0 Å². The monoisotopic (exact) mass is 339 g/mol. The standard InChI is InChI=1S/C21H25NO3/c1-3-14(2)12-17-16(9-10-18(17)23)13-20(24)25-19-8-4-6-15-7-5-11-22-21(15)19/h4-8,11,14,16-17H,3,9-10,12-13H2,1-2H3. The van der Waals surface area contributed by atoms with Gasteiger partial charge in [-0.25, -0.2) is 0 Å². The number of hydrogen-bond acceptors (Lipinski definition) is 4. The first kappa shape index (κ1) is 17.6. The highest BCUT2D eigenvalue weighted by atomic mass is 16.5. The predicted octanol–water partition coefficient (Wildman–Crippen LogP) is 4.56. The molecule has 1 aliphatic rings. The number of aromatic nitrogens is 1. The second-order valence-electron chi connectivity index (χ2n) is 7.13. The van der Waals surface area contributed by atoms with Gasteiger partial charge in [-0.1, -0.05) is 38.5 Å². The van der Waals surface area contributed by atoms with Gasteiger partial charge in [0.25, 0.3) is 0 Å². The predicted molar refractivity (Wildman–Crippen MR) is 97.3 cm³/mol. The minimum Gasteiger partial charge on any atom is -0.424 e. The SMILES string of the molecule is CCC(C)CC1C(=O)CCC1CC(=O)Oc1cccc2cccnc12. The number of rotatable bonds is 6. The molecule has 3 rings (SSSR count). The number of hydrogen-bond donors (Lipinski definition) is 0. The Labute approximate surface area is 148 Å². The fourth-order valence-electron chi connectivity index (χ4n) is 3.68. The van der Waals surface area contributed by atoms with Crippen LogP contribution in [0.3, 0.4) is 0 Å². The van der Waals surface area contributed by atoms with Gasteiger partial charge in [-0.15, -0.1) is 0 Å². The number of Topliss-reactive ketones (excluding diaryl/α,β-unsaturated/α-hetero) is 1. The third kappa shape index (κ3) is 4.06. The van der Waals surface area contributed by atoms with E-state index in [4.69, 9.17) is 4.74 Å². The molecule has 1 aromatic carbocycles. The molecular weight excluding hydrogens is 314 g/mol. The lowest BCUT2D eigenvalue weighted by molar-refractivity contribution is -0.135. The van der Waals surface area contributed by atoms with Crippen molar-refractivity contribution in [3.8, 4) is 5.75 Å². The van der Waals surface area contributed by atoms with Crippen LogP contribution in [0.5, 0.6) is 5.75 Å². The third-order valence-electron chi connectivity index (χ3n) is 5.35. The average Bonchev–Trinajstić information content (AvgIpc) is 2.95. The first-order valence-electron chi connectivity index (χ1n) is 9.15. The summed E-state index contributed by atoms with van der Waals surface area (Å²) in [6.07, 6.45) is 5.32. The van der Waals surface area contributed by atoms with Gasteiger partial charge in [-0.3, -0.25) is 14.6 Å². The van der Waals surface area contributed by atoms with E-state index in [0.29, 0.717) is 35.8 Å². The lowest BCUT2D eigenvalue weighted by atomic mass is 9.84. The van der Waals surface area contributed by atoms with Crippen LogP contribution in [0.4, 0.5) is 0 Å². The maximum atomic E-state index is 12.5. The highest BCUT2D eigenvalue weighted by molar-refractivity contribution is 5.88. The van der Waals surface area contributed by atoms with Crippen molar-refractivity contribution >= 4 is 22.7 Å². The van der Waals surface area contributed by atoms with E-state index < -0.39 is 0 Å². The molecule has 0 saturated heterocycles. The van der Waals surface area contributed by atoms with E-state index in [1.807, 2.05) is 24.3 Å². The highest BCUT2D eigenvalue weighted by Gasteiger charge is 2.36. The van der Waals surface area contributed by atoms with Crippen molar-refractivity contribution in [2.75, 3.05) is 0 Å². The van der Waals surface area contributed by atoms with Crippen LogP contribution in [0.1, 0.15) is 46.0 Å². The molecule has 0 spiro atoms. The summed E-state index contributed by atoms with van der Waals surface area (Å²) >= 11 is 0. The molecule has 3 unspecified atom stereocenters. The molecule has 1 fully saturated rings. The summed E-state index contributed by atoms with van der Waals surface area (Å²) in [5, 5.41) is 0.943. The second kappa shape index (κ2) is 7.77. The Morgan fingerprint density at radius 1 is 1.32 bits per heavy atom. The fraction of sp³-hybridized carbons (Fsp3) is 0.476. The molecule has 3 atom stereocenters. The number of carbonyl (C=O) groups is 2. The summed E-state index contributed by atoms with van der Waals surface area (Å²) in [6.45, 7) is 4.31. The van der Waals surface area contributed by atoms with Crippen LogP contribution < -0.4 is 4.74 Å². The van der Waals surface area contributed by atoms with Gasteiger partial charge in [0.05, 0.1) is 0 Å². The van der Waals surface area contributed by atoms with Crippen molar-refractivity contribution in [2.24, 2.45) is 17.8 Å². The van der Waals surface area contributed by atoms with E-state index in [9.17, 15) is 9.59 Å². The largest absolute Gasteiger partial charge is 0.424 e. The summed E-state index contributed by atoms with van der Waals surface area (Å²) in [7, 11) is 0. The zero-order chi connectivity index (χ0) is 17.8. The molecule has 0 N–H and O–H groups in total. The Morgan fingerprint density at radius 3 is 2.92 bits per heavy atom. The van der Waals surface area contributed by atoms with Crippen LogP contribution in [0, 0.1) is 17.8 Å². The summed E-state index contributed by atoms with van der Waals surface area (Å²) in [6, 6.07) is 9.37.